The third-order valence-corrected chi connectivity index (χ3v) is 3.27. The van der Waals surface area contributed by atoms with Gasteiger partial charge in [0.05, 0.1) is 11.4 Å². The Labute approximate surface area is 110 Å². The summed E-state index contributed by atoms with van der Waals surface area (Å²) >= 11 is 0. The number of amides is 2. The van der Waals surface area contributed by atoms with Gasteiger partial charge < -0.3 is 16.4 Å². The Kier molecular flexibility index (Phi) is 4.19. The number of benzene rings is 1. The Morgan fingerprint density at radius 2 is 1.84 bits per heavy atom. The van der Waals surface area contributed by atoms with E-state index in [4.69, 9.17) is 5.73 Å². The molecule has 1 aliphatic carbocycles. The molecule has 0 saturated heterocycles. The van der Waals surface area contributed by atoms with Crippen molar-refractivity contribution >= 4 is 17.4 Å². The Hall–Kier alpha value is -1.85. The molecule has 1 aromatic rings. The Bertz CT molecular complexity index is 473. The number of hydrogen-bond acceptors (Lipinski definition) is 2. The molecule has 0 radical (unpaired) electrons. The van der Waals surface area contributed by atoms with E-state index < -0.39 is 17.7 Å². The van der Waals surface area contributed by atoms with Crippen LogP contribution in [0.3, 0.4) is 0 Å². The molecule has 0 aromatic heterocycles. The molecule has 0 aliphatic heterocycles. The number of nitrogen functional groups attached to an aromatic ring is 1. The lowest BCUT2D eigenvalue weighted by Crippen LogP contribution is -2.39. The van der Waals surface area contributed by atoms with Crippen molar-refractivity contribution in [1.82, 2.24) is 5.32 Å². The van der Waals surface area contributed by atoms with Crippen LogP contribution >= 0.6 is 0 Å². The molecule has 1 fully saturated rings. The average Bonchev–Trinajstić information content (AvgIpc) is 2.37. The van der Waals surface area contributed by atoms with Crippen molar-refractivity contribution in [2.75, 3.05) is 11.1 Å². The normalized spacial score (nSPS) is 16.1. The lowest BCUT2D eigenvalue weighted by molar-refractivity contribution is 0.244. The van der Waals surface area contributed by atoms with Gasteiger partial charge in [0.2, 0.25) is 0 Å². The Morgan fingerprint density at radius 3 is 2.53 bits per heavy atom. The first-order valence-corrected chi connectivity index (χ1v) is 6.38. The number of carbonyl (C=O) groups is 1. The van der Waals surface area contributed by atoms with Gasteiger partial charge in [-0.05, 0) is 18.9 Å². The number of rotatable bonds is 2. The van der Waals surface area contributed by atoms with Gasteiger partial charge in [0, 0.05) is 12.1 Å². The number of halogens is 2. The zero-order chi connectivity index (χ0) is 13.8. The topological polar surface area (TPSA) is 67.1 Å². The van der Waals surface area contributed by atoms with Crippen LogP contribution in [-0.2, 0) is 0 Å². The highest BCUT2D eigenvalue weighted by atomic mass is 19.1. The molecule has 0 atom stereocenters. The zero-order valence-corrected chi connectivity index (χ0v) is 10.5. The summed E-state index contributed by atoms with van der Waals surface area (Å²) in [6.45, 7) is 0. The summed E-state index contributed by atoms with van der Waals surface area (Å²) in [5, 5.41) is 5.13. The van der Waals surface area contributed by atoms with Gasteiger partial charge in [-0.15, -0.1) is 0 Å². The predicted octanol–water partition coefficient (Wildman–Crippen LogP) is 3.00. The summed E-state index contributed by atoms with van der Waals surface area (Å²) < 4.78 is 26.4. The van der Waals surface area contributed by atoms with Crippen molar-refractivity contribution in [3.63, 3.8) is 0 Å². The first-order chi connectivity index (χ1) is 9.06. The van der Waals surface area contributed by atoms with Crippen LogP contribution in [0.4, 0.5) is 25.0 Å². The van der Waals surface area contributed by atoms with Crippen molar-refractivity contribution in [2.45, 2.75) is 38.1 Å². The van der Waals surface area contributed by atoms with E-state index in [2.05, 4.69) is 10.6 Å². The third-order valence-electron chi connectivity index (χ3n) is 3.27. The lowest BCUT2D eigenvalue weighted by Gasteiger charge is -2.23. The molecule has 4 N–H and O–H groups in total. The van der Waals surface area contributed by atoms with Gasteiger partial charge in [0.15, 0.2) is 0 Å². The van der Waals surface area contributed by atoms with E-state index in [1.54, 1.807) is 0 Å². The number of nitrogens with one attached hydrogen (secondary N) is 2. The summed E-state index contributed by atoms with van der Waals surface area (Å²) in [5.41, 5.74) is 5.02. The van der Waals surface area contributed by atoms with Gasteiger partial charge in [-0.25, -0.2) is 13.6 Å². The van der Waals surface area contributed by atoms with Gasteiger partial charge in [-0.3, -0.25) is 0 Å². The van der Waals surface area contributed by atoms with Crippen LogP contribution in [-0.4, -0.2) is 12.1 Å². The van der Waals surface area contributed by atoms with E-state index in [1.165, 1.54) is 6.42 Å². The first-order valence-electron chi connectivity index (χ1n) is 6.38. The van der Waals surface area contributed by atoms with Crippen LogP contribution in [0.5, 0.6) is 0 Å². The van der Waals surface area contributed by atoms with Gasteiger partial charge in [0.25, 0.3) is 0 Å². The van der Waals surface area contributed by atoms with E-state index in [0.29, 0.717) is 6.07 Å². The summed E-state index contributed by atoms with van der Waals surface area (Å²) in [7, 11) is 0. The number of carbonyl (C=O) groups excluding carboxylic acids is 1. The summed E-state index contributed by atoms with van der Waals surface area (Å²) in [5.74, 6) is -1.68. The molecular weight excluding hydrogens is 252 g/mol. The van der Waals surface area contributed by atoms with Gasteiger partial charge in [0.1, 0.15) is 11.6 Å². The first kappa shape index (κ1) is 13.6. The van der Waals surface area contributed by atoms with Crippen molar-refractivity contribution in [3.8, 4) is 0 Å². The highest BCUT2D eigenvalue weighted by molar-refractivity contribution is 5.90. The highest BCUT2D eigenvalue weighted by Gasteiger charge is 2.17. The Morgan fingerprint density at radius 1 is 1.16 bits per heavy atom. The molecule has 0 bridgehead atoms. The molecule has 2 amide bonds. The van der Waals surface area contributed by atoms with Gasteiger partial charge >= 0.3 is 6.03 Å². The van der Waals surface area contributed by atoms with Crippen molar-refractivity contribution in [3.05, 3.63) is 23.8 Å². The quantitative estimate of drug-likeness (QED) is 0.722. The molecular formula is C13H17F2N3O. The van der Waals surface area contributed by atoms with Gasteiger partial charge in [-0.1, -0.05) is 19.3 Å². The molecule has 0 unspecified atom stereocenters. The second-order valence-electron chi connectivity index (χ2n) is 4.79. The van der Waals surface area contributed by atoms with Crippen LogP contribution in [0.25, 0.3) is 0 Å². The number of urea groups is 1. The molecule has 2 rings (SSSR count). The van der Waals surface area contributed by atoms with E-state index in [1.807, 2.05) is 0 Å². The fourth-order valence-electron chi connectivity index (χ4n) is 2.25. The predicted molar refractivity (Wildman–Crippen MR) is 69.8 cm³/mol. The number of hydrogen-bond donors (Lipinski definition) is 3. The van der Waals surface area contributed by atoms with Crippen molar-refractivity contribution in [2.24, 2.45) is 0 Å². The van der Waals surface area contributed by atoms with E-state index in [9.17, 15) is 13.6 Å². The summed E-state index contributed by atoms with van der Waals surface area (Å²) in [6, 6.07) is 1.36. The minimum absolute atomic E-state index is 0.118. The summed E-state index contributed by atoms with van der Waals surface area (Å²) in [6.07, 6.45) is 5.22. The van der Waals surface area contributed by atoms with Crippen molar-refractivity contribution < 1.29 is 13.6 Å². The molecule has 1 aromatic carbocycles. The average molecular weight is 269 g/mol. The number of nitrogens with two attached hydrogens (primary N) is 1. The minimum Gasteiger partial charge on any atom is -0.396 e. The fraction of sp³-hybridized carbons (Fsp3) is 0.462. The molecule has 6 heteroatoms. The standard InChI is InChI=1S/C13H17F2N3O/c14-9-6-10(15)12(7-11(9)16)18-13(19)17-8-4-2-1-3-5-8/h6-8H,1-5,16H2,(H2,17,18,19). The van der Waals surface area contributed by atoms with E-state index in [-0.39, 0.29) is 17.4 Å². The molecule has 0 heterocycles. The Balaban J connectivity index is 1.96. The second-order valence-corrected chi connectivity index (χ2v) is 4.79. The maximum absolute atomic E-state index is 13.4. The van der Waals surface area contributed by atoms with E-state index in [0.717, 1.165) is 31.7 Å². The number of anilines is 2. The fourth-order valence-corrected chi connectivity index (χ4v) is 2.25. The minimum atomic E-state index is -0.842. The van der Waals surface area contributed by atoms with E-state index >= 15 is 0 Å². The summed E-state index contributed by atoms with van der Waals surface area (Å²) in [4.78, 5) is 11.7. The molecule has 4 nitrogen and oxygen atoms in total. The highest BCUT2D eigenvalue weighted by Crippen LogP contribution is 2.21. The SMILES string of the molecule is Nc1cc(NC(=O)NC2CCCCC2)c(F)cc1F. The zero-order valence-electron chi connectivity index (χ0n) is 10.5. The van der Waals surface area contributed by atoms with Gasteiger partial charge in [-0.2, -0.15) is 0 Å². The van der Waals surface area contributed by atoms with Crippen LogP contribution in [0, 0.1) is 11.6 Å². The van der Waals surface area contributed by atoms with Crippen LogP contribution in [0.15, 0.2) is 12.1 Å². The molecule has 104 valence electrons. The monoisotopic (exact) mass is 269 g/mol. The van der Waals surface area contributed by atoms with Crippen LogP contribution < -0.4 is 16.4 Å². The lowest BCUT2D eigenvalue weighted by atomic mass is 9.96. The maximum Gasteiger partial charge on any atom is 0.319 e. The van der Waals surface area contributed by atoms with Crippen LogP contribution in [0.1, 0.15) is 32.1 Å². The molecule has 1 aliphatic rings. The van der Waals surface area contributed by atoms with Crippen molar-refractivity contribution in [1.29, 1.82) is 0 Å². The third kappa shape index (κ3) is 3.56. The molecule has 19 heavy (non-hydrogen) atoms. The largest absolute Gasteiger partial charge is 0.396 e. The molecule has 1 saturated carbocycles. The maximum atomic E-state index is 13.4. The second kappa shape index (κ2) is 5.86. The smallest absolute Gasteiger partial charge is 0.319 e. The van der Waals surface area contributed by atoms with Crippen LogP contribution in [0.2, 0.25) is 0 Å². The molecule has 0 spiro atoms.